The summed E-state index contributed by atoms with van der Waals surface area (Å²) in [7, 11) is 0. The average Bonchev–Trinajstić information content (AvgIpc) is 2.40. The molecule has 0 amide bonds. The van der Waals surface area contributed by atoms with Crippen molar-refractivity contribution in [2.75, 3.05) is 6.54 Å². The van der Waals surface area contributed by atoms with Crippen LogP contribution in [0.15, 0.2) is 48.5 Å². The first-order chi connectivity index (χ1) is 8.74. The van der Waals surface area contributed by atoms with E-state index < -0.39 is 0 Å². The van der Waals surface area contributed by atoms with Crippen molar-refractivity contribution in [1.29, 1.82) is 0 Å². The molecule has 0 aliphatic carbocycles. The predicted octanol–water partition coefficient (Wildman–Crippen LogP) is 2.73. The van der Waals surface area contributed by atoms with Gasteiger partial charge in [-0.1, -0.05) is 48.5 Å². The first-order valence-corrected chi connectivity index (χ1v) is 6.12. The van der Waals surface area contributed by atoms with E-state index in [9.17, 15) is 4.79 Å². The Balaban J connectivity index is 2.43. The number of rotatable bonds is 4. The number of benzene rings is 2. The molecule has 2 aromatic rings. The van der Waals surface area contributed by atoms with Crippen molar-refractivity contribution in [3.8, 4) is 0 Å². The summed E-state index contributed by atoms with van der Waals surface area (Å²) in [6.45, 7) is 2.51. The van der Waals surface area contributed by atoms with Gasteiger partial charge in [0.2, 0.25) is 0 Å². The maximum atomic E-state index is 12.5. The van der Waals surface area contributed by atoms with Gasteiger partial charge in [-0.15, -0.1) is 0 Å². The highest BCUT2D eigenvalue weighted by atomic mass is 16.1. The smallest absolute Gasteiger partial charge is 0.193 e. The lowest BCUT2D eigenvalue weighted by Gasteiger charge is -2.09. The maximum Gasteiger partial charge on any atom is 0.193 e. The highest BCUT2D eigenvalue weighted by Gasteiger charge is 2.14. The molecule has 0 bridgehead atoms. The van der Waals surface area contributed by atoms with E-state index >= 15 is 0 Å². The van der Waals surface area contributed by atoms with Gasteiger partial charge in [0.1, 0.15) is 0 Å². The van der Waals surface area contributed by atoms with Gasteiger partial charge in [-0.25, -0.2) is 0 Å². The summed E-state index contributed by atoms with van der Waals surface area (Å²) in [5, 5.41) is 0. The van der Waals surface area contributed by atoms with Crippen LogP contribution >= 0.6 is 0 Å². The molecule has 0 aliphatic rings. The zero-order chi connectivity index (χ0) is 13.0. The lowest BCUT2D eigenvalue weighted by atomic mass is 9.94. The monoisotopic (exact) mass is 239 g/mol. The topological polar surface area (TPSA) is 43.1 Å². The van der Waals surface area contributed by atoms with Crippen molar-refractivity contribution in [3.63, 3.8) is 0 Å². The van der Waals surface area contributed by atoms with Crippen molar-refractivity contribution in [2.24, 2.45) is 5.73 Å². The first kappa shape index (κ1) is 12.5. The molecule has 92 valence electrons. The standard InChI is InChI=1S/C16H17NO/c1-12-6-2-4-8-14(12)16(18)15-9-5-3-7-13(15)10-11-17/h2-9H,10-11,17H2,1H3. The zero-order valence-electron chi connectivity index (χ0n) is 10.5. The highest BCUT2D eigenvalue weighted by molar-refractivity contribution is 6.10. The van der Waals surface area contributed by atoms with Gasteiger partial charge < -0.3 is 5.73 Å². The second-order valence-electron chi connectivity index (χ2n) is 4.34. The number of hydrogen-bond donors (Lipinski definition) is 1. The number of carbonyl (C=O) groups excluding carboxylic acids is 1. The van der Waals surface area contributed by atoms with E-state index in [-0.39, 0.29) is 5.78 Å². The summed E-state index contributed by atoms with van der Waals surface area (Å²) in [6, 6.07) is 15.3. The predicted molar refractivity (Wildman–Crippen MR) is 73.8 cm³/mol. The molecule has 0 saturated carbocycles. The highest BCUT2D eigenvalue weighted by Crippen LogP contribution is 2.17. The number of aryl methyl sites for hydroxylation is 1. The average molecular weight is 239 g/mol. The number of ketones is 1. The fourth-order valence-electron chi connectivity index (χ4n) is 2.09. The van der Waals surface area contributed by atoms with Crippen LogP contribution in [-0.4, -0.2) is 12.3 Å². The van der Waals surface area contributed by atoms with E-state index in [4.69, 9.17) is 5.73 Å². The third-order valence-corrected chi connectivity index (χ3v) is 3.07. The van der Waals surface area contributed by atoms with Gasteiger partial charge in [0.15, 0.2) is 5.78 Å². The van der Waals surface area contributed by atoms with Gasteiger partial charge in [-0.05, 0) is 31.0 Å². The molecule has 0 unspecified atom stereocenters. The van der Waals surface area contributed by atoms with Crippen LogP contribution in [0.2, 0.25) is 0 Å². The van der Waals surface area contributed by atoms with Gasteiger partial charge in [-0.3, -0.25) is 4.79 Å². The van der Waals surface area contributed by atoms with Crippen LogP contribution in [0.5, 0.6) is 0 Å². The Morgan fingerprint density at radius 1 is 1.00 bits per heavy atom. The van der Waals surface area contributed by atoms with E-state index in [0.717, 1.165) is 28.7 Å². The second-order valence-corrected chi connectivity index (χ2v) is 4.34. The molecule has 2 nitrogen and oxygen atoms in total. The second kappa shape index (κ2) is 5.61. The molecule has 0 atom stereocenters. The van der Waals surface area contributed by atoms with E-state index in [1.807, 2.05) is 55.5 Å². The largest absolute Gasteiger partial charge is 0.330 e. The van der Waals surface area contributed by atoms with Gasteiger partial charge in [0.25, 0.3) is 0 Å². The molecule has 0 heterocycles. The van der Waals surface area contributed by atoms with Crippen molar-refractivity contribution in [2.45, 2.75) is 13.3 Å². The third-order valence-electron chi connectivity index (χ3n) is 3.07. The van der Waals surface area contributed by atoms with Crippen LogP contribution in [0.3, 0.4) is 0 Å². The number of nitrogens with two attached hydrogens (primary N) is 1. The van der Waals surface area contributed by atoms with E-state index in [2.05, 4.69) is 0 Å². The van der Waals surface area contributed by atoms with Crippen molar-refractivity contribution in [3.05, 3.63) is 70.8 Å². The quantitative estimate of drug-likeness (QED) is 0.834. The van der Waals surface area contributed by atoms with Crippen molar-refractivity contribution < 1.29 is 4.79 Å². The van der Waals surface area contributed by atoms with E-state index in [0.29, 0.717) is 6.54 Å². The molecule has 0 radical (unpaired) electrons. The zero-order valence-corrected chi connectivity index (χ0v) is 10.5. The van der Waals surface area contributed by atoms with E-state index in [1.165, 1.54) is 0 Å². The Kier molecular flexibility index (Phi) is 3.90. The molecule has 2 aromatic carbocycles. The molecule has 0 spiro atoms. The number of carbonyl (C=O) groups is 1. The normalized spacial score (nSPS) is 10.3. The van der Waals surface area contributed by atoms with Gasteiger partial charge >= 0.3 is 0 Å². The fourth-order valence-corrected chi connectivity index (χ4v) is 2.09. The van der Waals surface area contributed by atoms with Gasteiger partial charge in [0, 0.05) is 11.1 Å². The van der Waals surface area contributed by atoms with Crippen LogP contribution < -0.4 is 5.73 Å². The Labute approximate surface area is 107 Å². The molecule has 2 rings (SSSR count). The molecular weight excluding hydrogens is 222 g/mol. The lowest BCUT2D eigenvalue weighted by Crippen LogP contribution is -2.10. The number of hydrogen-bond acceptors (Lipinski definition) is 2. The Hall–Kier alpha value is -1.93. The molecule has 0 saturated heterocycles. The lowest BCUT2D eigenvalue weighted by molar-refractivity contribution is 0.103. The maximum absolute atomic E-state index is 12.5. The van der Waals surface area contributed by atoms with Crippen LogP contribution in [0, 0.1) is 6.92 Å². The van der Waals surface area contributed by atoms with Crippen LogP contribution in [0.4, 0.5) is 0 Å². The molecule has 0 aromatic heterocycles. The van der Waals surface area contributed by atoms with Crippen molar-refractivity contribution >= 4 is 5.78 Å². The Morgan fingerprint density at radius 2 is 1.61 bits per heavy atom. The van der Waals surface area contributed by atoms with Gasteiger partial charge in [-0.2, -0.15) is 0 Å². The van der Waals surface area contributed by atoms with Crippen LogP contribution in [-0.2, 0) is 6.42 Å². The van der Waals surface area contributed by atoms with Crippen molar-refractivity contribution in [1.82, 2.24) is 0 Å². The first-order valence-electron chi connectivity index (χ1n) is 6.12. The Morgan fingerprint density at radius 3 is 2.28 bits per heavy atom. The fraction of sp³-hybridized carbons (Fsp3) is 0.188. The SMILES string of the molecule is Cc1ccccc1C(=O)c1ccccc1CCN. The molecule has 18 heavy (non-hydrogen) atoms. The van der Waals surface area contributed by atoms with Crippen LogP contribution in [0.25, 0.3) is 0 Å². The van der Waals surface area contributed by atoms with E-state index in [1.54, 1.807) is 0 Å². The molecule has 2 heteroatoms. The summed E-state index contributed by atoms with van der Waals surface area (Å²) < 4.78 is 0. The summed E-state index contributed by atoms with van der Waals surface area (Å²) in [6.07, 6.45) is 0.730. The summed E-state index contributed by atoms with van der Waals surface area (Å²) in [4.78, 5) is 12.5. The third kappa shape index (κ3) is 2.49. The minimum absolute atomic E-state index is 0.0807. The van der Waals surface area contributed by atoms with Gasteiger partial charge in [0.05, 0.1) is 0 Å². The minimum atomic E-state index is 0.0807. The molecule has 0 aliphatic heterocycles. The van der Waals surface area contributed by atoms with Crippen LogP contribution in [0.1, 0.15) is 27.0 Å². The Bertz CT molecular complexity index is 561. The summed E-state index contributed by atoms with van der Waals surface area (Å²) in [5.41, 5.74) is 9.14. The molecule has 0 fully saturated rings. The minimum Gasteiger partial charge on any atom is -0.330 e. The summed E-state index contributed by atoms with van der Waals surface area (Å²) in [5.74, 6) is 0.0807. The molecule has 2 N–H and O–H groups in total. The molecular formula is C16H17NO. The summed E-state index contributed by atoms with van der Waals surface area (Å²) >= 11 is 0.